The summed E-state index contributed by atoms with van der Waals surface area (Å²) in [4.78, 5) is 12.1. The summed E-state index contributed by atoms with van der Waals surface area (Å²) in [6.45, 7) is 12.6. The largest absolute Gasteiger partial charge is 0.323 e. The van der Waals surface area contributed by atoms with Crippen LogP contribution in [0.4, 0.5) is 10.5 Å². The predicted molar refractivity (Wildman–Crippen MR) is 90.6 cm³/mol. The van der Waals surface area contributed by atoms with Gasteiger partial charge >= 0.3 is 6.03 Å². The fraction of sp³-hybridized carbons (Fsp3) is 0.500. The first-order chi connectivity index (χ1) is 9.79. The second-order valence-electron chi connectivity index (χ2n) is 6.33. The lowest BCUT2D eigenvalue weighted by Gasteiger charge is -2.19. The normalized spacial score (nSPS) is 12.2. The van der Waals surface area contributed by atoms with Crippen molar-refractivity contribution in [2.45, 2.75) is 54.4 Å². The molecule has 0 radical (unpaired) electrons. The van der Waals surface area contributed by atoms with Gasteiger partial charge in [0.25, 0.3) is 0 Å². The van der Waals surface area contributed by atoms with E-state index in [1.807, 2.05) is 13.0 Å². The highest BCUT2D eigenvalue weighted by molar-refractivity contribution is 5.91. The van der Waals surface area contributed by atoms with Gasteiger partial charge < -0.3 is 10.6 Å². The van der Waals surface area contributed by atoms with Crippen LogP contribution in [-0.2, 0) is 12.8 Å². The van der Waals surface area contributed by atoms with Gasteiger partial charge in [-0.3, -0.25) is 0 Å². The molecule has 0 aliphatic heterocycles. The molecule has 0 unspecified atom stereocenters. The van der Waals surface area contributed by atoms with Crippen LogP contribution >= 0.6 is 0 Å². The van der Waals surface area contributed by atoms with Gasteiger partial charge in [-0.2, -0.15) is 0 Å². The first-order valence-corrected chi connectivity index (χ1v) is 7.65. The average molecular weight is 288 g/mol. The second-order valence-corrected chi connectivity index (χ2v) is 6.33. The molecule has 0 spiro atoms. The Bertz CT molecular complexity index is 502. The maximum absolute atomic E-state index is 12.1. The molecule has 0 atom stereocenters. The Morgan fingerprint density at radius 2 is 1.67 bits per heavy atom. The number of hydrogen-bond acceptors (Lipinski definition) is 1. The molecule has 3 nitrogen and oxygen atoms in total. The van der Waals surface area contributed by atoms with E-state index in [-0.39, 0.29) is 11.4 Å². The number of amides is 2. The highest BCUT2D eigenvalue weighted by Crippen LogP contribution is 2.24. The van der Waals surface area contributed by atoms with Gasteiger partial charge in [0.2, 0.25) is 0 Å². The van der Waals surface area contributed by atoms with Crippen LogP contribution in [0.2, 0.25) is 0 Å². The Balaban J connectivity index is 2.85. The number of aryl methyl sites for hydroxylation is 2. The van der Waals surface area contributed by atoms with Gasteiger partial charge in [0, 0.05) is 11.9 Å². The third-order valence-corrected chi connectivity index (χ3v) is 3.84. The molecule has 0 saturated carbocycles. The van der Waals surface area contributed by atoms with Gasteiger partial charge in [0.15, 0.2) is 0 Å². The molecule has 3 heteroatoms. The molecule has 21 heavy (non-hydrogen) atoms. The minimum atomic E-state index is -0.186. The zero-order valence-corrected chi connectivity index (χ0v) is 14.1. The van der Waals surface area contributed by atoms with Crippen molar-refractivity contribution >= 4 is 11.7 Å². The number of anilines is 1. The minimum Gasteiger partial charge on any atom is -0.314 e. The van der Waals surface area contributed by atoms with Crippen LogP contribution in [-0.4, -0.2) is 6.03 Å². The summed E-state index contributed by atoms with van der Waals surface area (Å²) in [5.41, 5.74) is 4.48. The Labute approximate surface area is 128 Å². The van der Waals surface area contributed by atoms with Crippen molar-refractivity contribution in [1.29, 1.82) is 0 Å². The van der Waals surface area contributed by atoms with E-state index in [1.165, 1.54) is 11.1 Å². The zero-order chi connectivity index (χ0) is 16.0. The lowest BCUT2D eigenvalue weighted by atomic mass is 9.88. The Kier molecular flexibility index (Phi) is 6.01. The number of benzene rings is 1. The Hall–Kier alpha value is -1.77. The van der Waals surface area contributed by atoms with Gasteiger partial charge in [0.05, 0.1) is 0 Å². The summed E-state index contributed by atoms with van der Waals surface area (Å²) < 4.78 is 0. The van der Waals surface area contributed by atoms with E-state index in [0.29, 0.717) is 0 Å². The molecule has 0 heterocycles. The van der Waals surface area contributed by atoms with Crippen molar-refractivity contribution in [3.63, 3.8) is 0 Å². The molecule has 0 fully saturated rings. The third kappa shape index (κ3) is 4.92. The lowest BCUT2D eigenvalue weighted by Crippen LogP contribution is -2.26. The quantitative estimate of drug-likeness (QED) is 0.814. The maximum Gasteiger partial charge on any atom is 0.323 e. The molecule has 1 rings (SSSR count). The minimum absolute atomic E-state index is 0.0587. The molecule has 2 amide bonds. The summed E-state index contributed by atoms with van der Waals surface area (Å²) >= 11 is 0. The first-order valence-electron chi connectivity index (χ1n) is 7.65. The number of carbonyl (C=O) groups excluding carboxylic acids is 1. The van der Waals surface area contributed by atoms with Crippen molar-refractivity contribution in [3.05, 3.63) is 41.1 Å². The van der Waals surface area contributed by atoms with Crippen LogP contribution in [0.15, 0.2) is 30.0 Å². The Morgan fingerprint density at radius 1 is 1.14 bits per heavy atom. The van der Waals surface area contributed by atoms with Crippen LogP contribution in [0.25, 0.3) is 0 Å². The van der Waals surface area contributed by atoms with E-state index in [0.717, 1.165) is 24.1 Å². The van der Waals surface area contributed by atoms with Gasteiger partial charge in [-0.05, 0) is 36.3 Å². The van der Waals surface area contributed by atoms with Gasteiger partial charge in [-0.1, -0.05) is 58.4 Å². The standard InChI is InChI=1S/C18H28N2O/c1-7-14-10-9-11-15(8-2)16(14)20-17(21)19-12-13(3)18(4,5)6/h9-12H,7-8H2,1-6H3,(H2,19,20,21)/b13-12+. The van der Waals surface area contributed by atoms with Crippen molar-refractivity contribution in [3.8, 4) is 0 Å². The summed E-state index contributed by atoms with van der Waals surface area (Å²) in [5.74, 6) is 0. The number of para-hydroxylation sites is 1. The fourth-order valence-corrected chi connectivity index (χ4v) is 1.94. The van der Waals surface area contributed by atoms with Crippen molar-refractivity contribution in [2.75, 3.05) is 5.32 Å². The molecule has 2 N–H and O–H groups in total. The number of carbonyl (C=O) groups is 1. The predicted octanol–water partition coefficient (Wildman–Crippen LogP) is 4.88. The number of allylic oxidation sites excluding steroid dienone is 1. The van der Waals surface area contributed by atoms with Crippen LogP contribution < -0.4 is 10.6 Å². The average Bonchev–Trinajstić information content (AvgIpc) is 2.43. The highest BCUT2D eigenvalue weighted by Gasteiger charge is 2.13. The molecule has 0 aliphatic carbocycles. The monoisotopic (exact) mass is 288 g/mol. The van der Waals surface area contributed by atoms with Crippen LogP contribution in [0.3, 0.4) is 0 Å². The summed E-state index contributed by atoms with van der Waals surface area (Å²) in [5, 5.41) is 5.82. The first kappa shape index (κ1) is 17.3. The van der Waals surface area contributed by atoms with Gasteiger partial charge in [-0.15, -0.1) is 0 Å². The molecular formula is C18H28N2O. The maximum atomic E-state index is 12.1. The number of urea groups is 1. The number of rotatable bonds is 4. The molecule has 0 aliphatic rings. The van der Waals surface area contributed by atoms with Crippen LogP contribution in [0.1, 0.15) is 52.7 Å². The Morgan fingerprint density at radius 3 is 2.10 bits per heavy atom. The summed E-state index contributed by atoms with van der Waals surface area (Å²) in [6.07, 6.45) is 3.59. The van der Waals surface area contributed by atoms with E-state index in [1.54, 1.807) is 6.20 Å². The highest BCUT2D eigenvalue weighted by atomic mass is 16.2. The summed E-state index contributed by atoms with van der Waals surface area (Å²) in [6, 6.07) is 5.98. The second kappa shape index (κ2) is 7.30. The zero-order valence-electron chi connectivity index (χ0n) is 14.1. The molecule has 0 aromatic heterocycles. The van der Waals surface area contributed by atoms with E-state index in [2.05, 4.69) is 57.4 Å². The van der Waals surface area contributed by atoms with Gasteiger partial charge in [-0.25, -0.2) is 4.79 Å². The smallest absolute Gasteiger partial charge is 0.314 e. The molecular weight excluding hydrogens is 260 g/mol. The fourth-order valence-electron chi connectivity index (χ4n) is 1.94. The SMILES string of the molecule is CCc1cccc(CC)c1NC(=O)N/C=C(\C)C(C)(C)C. The molecule has 1 aromatic carbocycles. The van der Waals surface area contributed by atoms with E-state index < -0.39 is 0 Å². The van der Waals surface area contributed by atoms with E-state index in [9.17, 15) is 4.79 Å². The van der Waals surface area contributed by atoms with Crippen molar-refractivity contribution in [1.82, 2.24) is 5.32 Å². The van der Waals surface area contributed by atoms with Crippen molar-refractivity contribution in [2.24, 2.45) is 5.41 Å². The number of hydrogen-bond donors (Lipinski definition) is 2. The molecule has 0 bridgehead atoms. The molecule has 116 valence electrons. The third-order valence-electron chi connectivity index (χ3n) is 3.84. The topological polar surface area (TPSA) is 41.1 Å². The van der Waals surface area contributed by atoms with Crippen LogP contribution in [0, 0.1) is 5.41 Å². The van der Waals surface area contributed by atoms with Crippen LogP contribution in [0.5, 0.6) is 0 Å². The number of nitrogens with one attached hydrogen (secondary N) is 2. The molecule has 1 aromatic rings. The van der Waals surface area contributed by atoms with Crippen molar-refractivity contribution < 1.29 is 4.79 Å². The summed E-state index contributed by atoms with van der Waals surface area (Å²) in [7, 11) is 0. The van der Waals surface area contributed by atoms with E-state index in [4.69, 9.17) is 0 Å². The lowest BCUT2D eigenvalue weighted by molar-refractivity contribution is 0.255. The van der Waals surface area contributed by atoms with Gasteiger partial charge in [0.1, 0.15) is 0 Å². The molecule has 0 saturated heterocycles. The van der Waals surface area contributed by atoms with E-state index >= 15 is 0 Å².